The first-order valence-electron chi connectivity index (χ1n) is 8.11. The molecular weight excluding hydrogens is 428 g/mol. The van der Waals surface area contributed by atoms with Crippen LogP contribution in [0.4, 0.5) is 5.69 Å². The Morgan fingerprint density at radius 1 is 1.04 bits per heavy atom. The van der Waals surface area contributed by atoms with Crippen LogP contribution in [0.1, 0.15) is 5.56 Å². The first-order valence-corrected chi connectivity index (χ1v) is 10.4. The number of nitrogens with one attached hydrogen (secondary N) is 2. The van der Waals surface area contributed by atoms with Gasteiger partial charge in [0.15, 0.2) is 0 Å². The molecule has 0 saturated heterocycles. The van der Waals surface area contributed by atoms with Crippen molar-refractivity contribution in [2.45, 2.75) is 11.8 Å². The molecule has 2 heterocycles. The van der Waals surface area contributed by atoms with Gasteiger partial charge in [0.05, 0.1) is 21.6 Å². The molecule has 8 heteroatoms. The normalized spacial score (nSPS) is 11.6. The van der Waals surface area contributed by atoms with Crippen LogP contribution >= 0.6 is 15.9 Å². The van der Waals surface area contributed by atoms with Gasteiger partial charge in [-0.3, -0.25) is 9.71 Å². The van der Waals surface area contributed by atoms with E-state index in [0.717, 1.165) is 26.6 Å². The van der Waals surface area contributed by atoms with E-state index in [0.29, 0.717) is 11.5 Å². The van der Waals surface area contributed by atoms with Gasteiger partial charge < -0.3 is 4.98 Å². The molecule has 2 N–H and O–H groups in total. The van der Waals surface area contributed by atoms with Crippen molar-refractivity contribution >= 4 is 42.7 Å². The number of imidazole rings is 1. The number of aryl methyl sites for hydroxylation is 1. The van der Waals surface area contributed by atoms with Gasteiger partial charge in [0.2, 0.25) is 0 Å². The predicted octanol–water partition coefficient (Wildman–Crippen LogP) is 4.50. The van der Waals surface area contributed by atoms with Crippen molar-refractivity contribution < 1.29 is 8.42 Å². The van der Waals surface area contributed by atoms with Crippen LogP contribution in [-0.2, 0) is 10.0 Å². The monoisotopic (exact) mass is 442 g/mol. The second kappa shape index (κ2) is 6.79. The van der Waals surface area contributed by atoms with Crippen molar-refractivity contribution in [1.82, 2.24) is 15.0 Å². The van der Waals surface area contributed by atoms with Gasteiger partial charge in [0, 0.05) is 22.4 Å². The maximum atomic E-state index is 12.6. The van der Waals surface area contributed by atoms with Gasteiger partial charge in [-0.15, -0.1) is 0 Å². The first kappa shape index (κ1) is 17.7. The summed E-state index contributed by atoms with van der Waals surface area (Å²) in [6.07, 6.45) is 3.41. The van der Waals surface area contributed by atoms with E-state index in [2.05, 4.69) is 35.6 Å². The number of benzene rings is 2. The molecule has 0 aliphatic heterocycles. The second-order valence-electron chi connectivity index (χ2n) is 6.13. The number of aromatic nitrogens is 3. The van der Waals surface area contributed by atoms with E-state index < -0.39 is 10.0 Å². The topological polar surface area (TPSA) is 87.7 Å². The molecule has 0 unspecified atom stereocenters. The summed E-state index contributed by atoms with van der Waals surface area (Å²) in [6.45, 7) is 1.91. The van der Waals surface area contributed by atoms with E-state index in [1.165, 1.54) is 0 Å². The molecule has 0 atom stereocenters. The maximum absolute atomic E-state index is 12.6. The maximum Gasteiger partial charge on any atom is 0.261 e. The second-order valence-corrected chi connectivity index (χ2v) is 8.73. The Bertz CT molecular complexity index is 1230. The Kier molecular flexibility index (Phi) is 4.45. The average Bonchev–Trinajstić information content (AvgIpc) is 3.05. The highest BCUT2D eigenvalue weighted by Crippen LogP contribution is 2.25. The lowest BCUT2D eigenvalue weighted by atomic mass is 10.2. The zero-order valence-corrected chi connectivity index (χ0v) is 16.7. The van der Waals surface area contributed by atoms with Crippen molar-refractivity contribution in [3.8, 4) is 11.4 Å². The van der Waals surface area contributed by atoms with Crippen LogP contribution in [0.15, 0.2) is 70.3 Å². The Labute approximate surface area is 164 Å². The minimum atomic E-state index is -3.65. The predicted molar refractivity (Wildman–Crippen MR) is 109 cm³/mol. The molecule has 0 saturated carbocycles. The Balaban J connectivity index is 1.66. The van der Waals surface area contributed by atoms with Gasteiger partial charge in [0.25, 0.3) is 10.0 Å². The molecule has 0 spiro atoms. The number of sulfonamides is 1. The van der Waals surface area contributed by atoms with E-state index in [4.69, 9.17) is 0 Å². The van der Waals surface area contributed by atoms with Crippen LogP contribution in [0.2, 0.25) is 0 Å². The molecule has 0 fully saturated rings. The largest absolute Gasteiger partial charge is 0.338 e. The minimum absolute atomic E-state index is 0.221. The average molecular weight is 443 g/mol. The molecule has 136 valence electrons. The van der Waals surface area contributed by atoms with E-state index in [-0.39, 0.29) is 4.90 Å². The minimum Gasteiger partial charge on any atom is -0.338 e. The van der Waals surface area contributed by atoms with E-state index in [1.807, 2.05) is 13.0 Å². The van der Waals surface area contributed by atoms with Gasteiger partial charge in [-0.25, -0.2) is 13.4 Å². The smallest absolute Gasteiger partial charge is 0.261 e. The number of hydrogen-bond donors (Lipinski definition) is 2. The van der Waals surface area contributed by atoms with Crippen molar-refractivity contribution in [1.29, 1.82) is 0 Å². The van der Waals surface area contributed by atoms with Crippen LogP contribution < -0.4 is 4.72 Å². The summed E-state index contributed by atoms with van der Waals surface area (Å²) >= 11 is 3.39. The number of halogens is 1. The van der Waals surface area contributed by atoms with Gasteiger partial charge in [-0.2, -0.15) is 0 Å². The molecule has 0 bridgehead atoms. The van der Waals surface area contributed by atoms with Gasteiger partial charge >= 0.3 is 0 Å². The standard InChI is InChI=1S/C19H15BrN4O2S/c1-12-2-5-16(6-3-12)27(25,26)24-15-4-7-17-18(9-15)23-19(22-17)13-8-14(20)11-21-10-13/h2-11,24H,1H3,(H,22,23). The molecule has 0 aliphatic rings. The molecule has 0 radical (unpaired) electrons. The van der Waals surface area contributed by atoms with Crippen molar-refractivity contribution in [2.24, 2.45) is 0 Å². The van der Waals surface area contributed by atoms with Crippen LogP contribution in [-0.4, -0.2) is 23.4 Å². The van der Waals surface area contributed by atoms with Gasteiger partial charge in [0.1, 0.15) is 5.82 Å². The molecular formula is C19H15BrN4O2S. The van der Waals surface area contributed by atoms with Crippen LogP contribution in [0.5, 0.6) is 0 Å². The summed E-state index contributed by atoms with van der Waals surface area (Å²) in [4.78, 5) is 12.1. The van der Waals surface area contributed by atoms with Crippen molar-refractivity contribution in [2.75, 3.05) is 4.72 Å². The summed E-state index contributed by atoms with van der Waals surface area (Å²) in [5.41, 5.74) is 3.77. The first-order chi connectivity index (χ1) is 12.9. The quantitative estimate of drug-likeness (QED) is 0.486. The Morgan fingerprint density at radius 2 is 1.81 bits per heavy atom. The number of hydrogen-bond acceptors (Lipinski definition) is 4. The molecule has 0 amide bonds. The molecule has 6 nitrogen and oxygen atoms in total. The fraction of sp³-hybridized carbons (Fsp3) is 0.0526. The fourth-order valence-electron chi connectivity index (χ4n) is 2.68. The number of aromatic amines is 1. The zero-order chi connectivity index (χ0) is 19.0. The van der Waals surface area contributed by atoms with Crippen molar-refractivity contribution in [3.05, 3.63) is 71.0 Å². The Morgan fingerprint density at radius 3 is 2.56 bits per heavy atom. The third kappa shape index (κ3) is 3.72. The van der Waals surface area contributed by atoms with Crippen molar-refractivity contribution in [3.63, 3.8) is 0 Å². The summed E-state index contributed by atoms with van der Waals surface area (Å²) < 4.78 is 28.6. The SMILES string of the molecule is Cc1ccc(S(=O)(=O)Nc2ccc3nc(-c4cncc(Br)c4)[nH]c3c2)cc1. The highest BCUT2D eigenvalue weighted by molar-refractivity contribution is 9.10. The number of pyridine rings is 1. The number of H-pyrrole nitrogens is 1. The molecule has 2 aromatic carbocycles. The lowest BCUT2D eigenvalue weighted by Crippen LogP contribution is -2.12. The van der Waals surface area contributed by atoms with Crippen LogP contribution in [0, 0.1) is 6.92 Å². The van der Waals surface area contributed by atoms with E-state index >= 15 is 0 Å². The summed E-state index contributed by atoms with van der Waals surface area (Å²) in [6, 6.07) is 13.8. The number of anilines is 1. The van der Waals surface area contributed by atoms with Crippen LogP contribution in [0.3, 0.4) is 0 Å². The highest BCUT2D eigenvalue weighted by Gasteiger charge is 2.15. The van der Waals surface area contributed by atoms with E-state index in [9.17, 15) is 8.42 Å². The summed E-state index contributed by atoms with van der Waals surface area (Å²) in [7, 11) is -3.65. The molecule has 4 rings (SSSR count). The number of rotatable bonds is 4. The van der Waals surface area contributed by atoms with Gasteiger partial charge in [-0.05, 0) is 59.3 Å². The number of fused-ring (bicyclic) bond motifs is 1. The highest BCUT2D eigenvalue weighted by atomic mass is 79.9. The van der Waals surface area contributed by atoms with Crippen LogP contribution in [0.25, 0.3) is 22.4 Å². The lowest BCUT2D eigenvalue weighted by molar-refractivity contribution is 0.601. The third-order valence-corrected chi connectivity index (χ3v) is 5.87. The molecule has 2 aromatic heterocycles. The molecule has 4 aromatic rings. The molecule has 27 heavy (non-hydrogen) atoms. The lowest BCUT2D eigenvalue weighted by Gasteiger charge is -2.08. The third-order valence-electron chi connectivity index (χ3n) is 4.04. The fourth-order valence-corrected chi connectivity index (χ4v) is 4.10. The summed E-state index contributed by atoms with van der Waals surface area (Å²) in [5.74, 6) is 0.664. The number of nitrogens with zero attached hydrogens (tertiary/aromatic N) is 2. The summed E-state index contributed by atoms with van der Waals surface area (Å²) in [5, 5.41) is 0. The van der Waals surface area contributed by atoms with Gasteiger partial charge in [-0.1, -0.05) is 17.7 Å². The molecule has 0 aliphatic carbocycles. The zero-order valence-electron chi connectivity index (χ0n) is 14.3. The van der Waals surface area contributed by atoms with E-state index in [1.54, 1.807) is 54.9 Å². The Hall–Kier alpha value is -2.71.